The molecule has 0 radical (unpaired) electrons. The lowest BCUT2D eigenvalue weighted by atomic mass is 10.2. The van der Waals surface area contributed by atoms with E-state index in [9.17, 15) is 9.59 Å². The summed E-state index contributed by atoms with van der Waals surface area (Å²) in [5.41, 5.74) is 2.35. The molecule has 146 valence electrons. The molecule has 0 spiro atoms. The number of pyridine rings is 1. The van der Waals surface area contributed by atoms with Gasteiger partial charge in [-0.05, 0) is 38.1 Å². The van der Waals surface area contributed by atoms with E-state index in [4.69, 9.17) is 0 Å². The van der Waals surface area contributed by atoms with Crippen molar-refractivity contribution in [3.05, 3.63) is 88.2 Å². The van der Waals surface area contributed by atoms with Crippen LogP contribution < -0.4 is 10.9 Å². The molecule has 1 N–H and O–H groups in total. The van der Waals surface area contributed by atoms with Crippen LogP contribution in [0.3, 0.4) is 0 Å². The first-order valence-electron chi connectivity index (χ1n) is 9.10. The van der Waals surface area contributed by atoms with E-state index in [1.54, 1.807) is 36.5 Å². The molecular weight excluding hydrogens is 368 g/mol. The Balaban J connectivity index is 1.69. The first-order chi connectivity index (χ1) is 14.0. The minimum Gasteiger partial charge on any atom is -0.316 e. The van der Waals surface area contributed by atoms with Crippen LogP contribution in [0.4, 0.5) is 5.69 Å². The summed E-state index contributed by atoms with van der Waals surface area (Å²) in [6.07, 6.45) is 3.14. The van der Waals surface area contributed by atoms with E-state index in [0.29, 0.717) is 22.8 Å². The molecule has 8 nitrogen and oxygen atoms in total. The predicted octanol–water partition coefficient (Wildman–Crippen LogP) is 2.63. The fourth-order valence-corrected chi connectivity index (χ4v) is 3.24. The summed E-state index contributed by atoms with van der Waals surface area (Å²) in [6, 6.07) is 14.8. The Morgan fingerprint density at radius 1 is 1.00 bits per heavy atom. The Labute approximate surface area is 167 Å². The van der Waals surface area contributed by atoms with Crippen molar-refractivity contribution < 1.29 is 4.79 Å². The number of nitrogens with zero attached hydrogens (tertiary/aromatic N) is 5. The van der Waals surface area contributed by atoms with Gasteiger partial charge in [-0.3, -0.25) is 14.3 Å². The predicted molar refractivity (Wildman–Crippen MR) is 110 cm³/mol. The van der Waals surface area contributed by atoms with Crippen LogP contribution in [0.15, 0.2) is 65.7 Å². The zero-order valence-electron chi connectivity index (χ0n) is 16.3. The molecule has 0 unspecified atom stereocenters. The highest BCUT2D eigenvalue weighted by atomic mass is 16.2. The molecule has 0 aliphatic heterocycles. The monoisotopic (exact) mass is 388 g/mol. The average molecular weight is 388 g/mol. The lowest BCUT2D eigenvalue weighted by molar-refractivity contribution is 0.102. The number of carbonyl (C=O) groups is 1. The van der Waals surface area contributed by atoms with Crippen molar-refractivity contribution in [3.8, 4) is 11.5 Å². The normalized spacial score (nSPS) is 10.9. The molecule has 8 heteroatoms. The molecule has 4 rings (SSSR count). The second kappa shape index (κ2) is 7.23. The molecule has 0 aliphatic rings. The fraction of sp³-hybridized carbons (Fsp3) is 0.143. The van der Waals surface area contributed by atoms with Crippen molar-refractivity contribution >= 4 is 11.6 Å². The summed E-state index contributed by atoms with van der Waals surface area (Å²) < 4.78 is 4.83. The number of anilines is 1. The van der Waals surface area contributed by atoms with Gasteiger partial charge in [0.2, 0.25) is 0 Å². The molecule has 29 heavy (non-hydrogen) atoms. The highest BCUT2D eigenvalue weighted by Gasteiger charge is 2.21. The number of hydrogen-bond donors (Lipinski definition) is 1. The van der Waals surface area contributed by atoms with E-state index in [1.165, 1.54) is 10.9 Å². The van der Waals surface area contributed by atoms with Gasteiger partial charge in [0.05, 0.1) is 28.8 Å². The summed E-state index contributed by atoms with van der Waals surface area (Å²) in [5, 5.41) is 7.03. The topological polar surface area (TPSA) is 86.7 Å². The summed E-state index contributed by atoms with van der Waals surface area (Å²) in [6.45, 7) is 3.58. The van der Waals surface area contributed by atoms with Crippen LogP contribution in [-0.2, 0) is 7.05 Å². The van der Waals surface area contributed by atoms with E-state index in [-0.39, 0.29) is 11.2 Å². The first kappa shape index (κ1) is 18.4. The zero-order valence-corrected chi connectivity index (χ0v) is 16.3. The minimum absolute atomic E-state index is 0.242. The van der Waals surface area contributed by atoms with Crippen LogP contribution >= 0.6 is 0 Å². The van der Waals surface area contributed by atoms with Gasteiger partial charge in [-0.2, -0.15) is 5.10 Å². The molecule has 0 atom stereocenters. The van der Waals surface area contributed by atoms with Crippen molar-refractivity contribution in [2.45, 2.75) is 13.8 Å². The van der Waals surface area contributed by atoms with Crippen LogP contribution in [0.2, 0.25) is 0 Å². The zero-order chi connectivity index (χ0) is 20.5. The molecule has 0 bridgehead atoms. The van der Waals surface area contributed by atoms with Crippen molar-refractivity contribution in [2.24, 2.45) is 7.05 Å². The van der Waals surface area contributed by atoms with E-state index < -0.39 is 5.91 Å². The van der Waals surface area contributed by atoms with Gasteiger partial charge in [0.25, 0.3) is 11.5 Å². The van der Waals surface area contributed by atoms with Gasteiger partial charge >= 0.3 is 0 Å². The fourth-order valence-electron chi connectivity index (χ4n) is 3.24. The third-order valence-corrected chi connectivity index (χ3v) is 4.91. The highest BCUT2D eigenvalue weighted by Crippen LogP contribution is 2.17. The summed E-state index contributed by atoms with van der Waals surface area (Å²) in [4.78, 5) is 30.1. The summed E-state index contributed by atoms with van der Waals surface area (Å²) >= 11 is 0. The summed E-state index contributed by atoms with van der Waals surface area (Å²) in [7, 11) is 1.78. The average Bonchev–Trinajstić information content (AvgIpc) is 3.22. The van der Waals surface area contributed by atoms with Crippen molar-refractivity contribution in [2.75, 3.05) is 5.32 Å². The van der Waals surface area contributed by atoms with Gasteiger partial charge in [-0.1, -0.05) is 24.3 Å². The molecular formula is C21H20N6O2. The molecule has 0 saturated carbocycles. The van der Waals surface area contributed by atoms with Gasteiger partial charge in [0.15, 0.2) is 5.82 Å². The number of carbonyl (C=O) groups excluding carboxylic acids is 1. The van der Waals surface area contributed by atoms with Gasteiger partial charge in [-0.25, -0.2) is 14.3 Å². The Bertz CT molecular complexity index is 1240. The number of nitrogens with one attached hydrogen (secondary N) is 1. The van der Waals surface area contributed by atoms with Crippen molar-refractivity contribution in [3.63, 3.8) is 0 Å². The molecule has 1 aromatic carbocycles. The highest BCUT2D eigenvalue weighted by molar-refractivity contribution is 6.05. The number of rotatable bonds is 4. The van der Waals surface area contributed by atoms with E-state index >= 15 is 0 Å². The van der Waals surface area contributed by atoms with Gasteiger partial charge in [0.1, 0.15) is 5.69 Å². The third-order valence-electron chi connectivity index (χ3n) is 4.91. The maximum Gasteiger partial charge on any atom is 0.295 e. The first-order valence-corrected chi connectivity index (χ1v) is 9.10. The maximum absolute atomic E-state index is 13.0. The lowest BCUT2D eigenvalue weighted by Gasteiger charge is -2.07. The largest absolute Gasteiger partial charge is 0.316 e. The number of benzene rings is 1. The lowest BCUT2D eigenvalue weighted by Crippen LogP contribution is -2.23. The SMILES string of the molecule is Cc1c(C(=O)Nc2c(C)n(C)n(-c3ccccc3)c2=O)cnn1-c1ccccn1. The molecule has 4 aromatic rings. The molecule has 0 aliphatic carbocycles. The molecule has 0 fully saturated rings. The molecule has 0 saturated heterocycles. The minimum atomic E-state index is -0.393. The number of amides is 1. The van der Waals surface area contributed by atoms with Crippen LogP contribution in [0.1, 0.15) is 21.7 Å². The maximum atomic E-state index is 13.0. The Kier molecular flexibility index (Phi) is 4.59. The number of hydrogen-bond acceptors (Lipinski definition) is 4. The second-order valence-corrected chi connectivity index (χ2v) is 6.63. The summed E-state index contributed by atoms with van der Waals surface area (Å²) in [5.74, 6) is 0.224. The van der Waals surface area contributed by atoms with Gasteiger partial charge < -0.3 is 5.32 Å². The van der Waals surface area contributed by atoms with Crippen molar-refractivity contribution in [1.82, 2.24) is 24.1 Å². The molecule has 3 heterocycles. The standard InChI is InChI=1S/C21H20N6O2/c1-14-17(13-23-26(14)18-11-7-8-12-22-18)20(28)24-19-15(2)25(3)27(21(19)29)16-9-5-4-6-10-16/h4-13H,1-3H3,(H,24,28). The Morgan fingerprint density at radius 3 is 2.41 bits per heavy atom. The van der Waals surface area contributed by atoms with Crippen LogP contribution in [-0.4, -0.2) is 30.0 Å². The number of aromatic nitrogens is 5. The smallest absolute Gasteiger partial charge is 0.295 e. The van der Waals surface area contributed by atoms with E-state index in [0.717, 1.165) is 5.69 Å². The Hall–Kier alpha value is -3.94. The second-order valence-electron chi connectivity index (χ2n) is 6.63. The van der Waals surface area contributed by atoms with Crippen LogP contribution in [0.5, 0.6) is 0 Å². The van der Waals surface area contributed by atoms with Gasteiger partial charge in [-0.15, -0.1) is 0 Å². The quantitative estimate of drug-likeness (QED) is 0.582. The van der Waals surface area contributed by atoms with E-state index in [2.05, 4.69) is 15.4 Å². The van der Waals surface area contributed by atoms with Crippen LogP contribution in [0.25, 0.3) is 11.5 Å². The van der Waals surface area contributed by atoms with Crippen LogP contribution in [0, 0.1) is 13.8 Å². The van der Waals surface area contributed by atoms with Crippen molar-refractivity contribution in [1.29, 1.82) is 0 Å². The molecule has 3 aromatic heterocycles. The third kappa shape index (κ3) is 3.14. The van der Waals surface area contributed by atoms with Gasteiger partial charge in [0, 0.05) is 13.2 Å². The van der Waals surface area contributed by atoms with E-state index in [1.807, 2.05) is 48.5 Å². The Morgan fingerprint density at radius 2 is 1.72 bits per heavy atom. The number of para-hydroxylation sites is 1. The molecule has 1 amide bonds.